The van der Waals surface area contributed by atoms with Crippen LogP contribution in [0, 0.1) is 17.8 Å². The molecular formula is C23H25NO4. The Kier molecular flexibility index (Phi) is 4.00. The van der Waals surface area contributed by atoms with Gasteiger partial charge in [0.2, 0.25) is 0 Å². The highest BCUT2D eigenvalue weighted by molar-refractivity contribution is 5.89. The quantitative estimate of drug-likeness (QED) is 0.806. The summed E-state index contributed by atoms with van der Waals surface area (Å²) in [4.78, 5) is 11.5. The van der Waals surface area contributed by atoms with Gasteiger partial charge in [-0.15, -0.1) is 0 Å². The van der Waals surface area contributed by atoms with Crippen molar-refractivity contribution < 1.29 is 19.4 Å². The lowest BCUT2D eigenvalue weighted by Gasteiger charge is -2.44. The van der Waals surface area contributed by atoms with Crippen LogP contribution < -0.4 is 14.8 Å². The number of aromatic carboxylic acids is 1. The van der Waals surface area contributed by atoms with Crippen LogP contribution in [0.5, 0.6) is 11.5 Å². The fourth-order valence-electron chi connectivity index (χ4n) is 6.09. The van der Waals surface area contributed by atoms with E-state index < -0.39 is 5.97 Å². The van der Waals surface area contributed by atoms with Crippen LogP contribution in [0.4, 0.5) is 5.69 Å². The van der Waals surface area contributed by atoms with Gasteiger partial charge in [0.15, 0.2) is 11.5 Å². The van der Waals surface area contributed by atoms with Gasteiger partial charge in [0.25, 0.3) is 0 Å². The summed E-state index contributed by atoms with van der Waals surface area (Å²) in [6.07, 6.45) is 3.73. The van der Waals surface area contributed by atoms with Crippen LogP contribution in [0.15, 0.2) is 36.4 Å². The lowest BCUT2D eigenvalue weighted by Crippen LogP contribution is -2.35. The number of carbonyl (C=O) groups is 1. The lowest BCUT2D eigenvalue weighted by atomic mass is 9.67. The monoisotopic (exact) mass is 379 g/mol. The summed E-state index contributed by atoms with van der Waals surface area (Å²) in [7, 11) is 3.36. The highest BCUT2D eigenvalue weighted by atomic mass is 16.5. The molecule has 5 atom stereocenters. The van der Waals surface area contributed by atoms with E-state index in [1.54, 1.807) is 20.3 Å². The zero-order chi connectivity index (χ0) is 19.4. The van der Waals surface area contributed by atoms with Gasteiger partial charge in [-0.2, -0.15) is 0 Å². The molecule has 0 unspecified atom stereocenters. The Morgan fingerprint density at radius 1 is 1.07 bits per heavy atom. The van der Waals surface area contributed by atoms with Gasteiger partial charge in [0.05, 0.1) is 25.8 Å². The average Bonchev–Trinajstić information content (AvgIpc) is 3.34. The fourth-order valence-corrected chi connectivity index (χ4v) is 6.09. The van der Waals surface area contributed by atoms with Crippen LogP contribution >= 0.6 is 0 Å². The summed E-state index contributed by atoms with van der Waals surface area (Å²) in [5, 5.41) is 13.2. The summed E-state index contributed by atoms with van der Waals surface area (Å²) in [5.74, 6) is 2.80. The number of hydrogen-bond donors (Lipinski definition) is 2. The van der Waals surface area contributed by atoms with Crippen LogP contribution in [0.2, 0.25) is 0 Å². The van der Waals surface area contributed by atoms with E-state index in [1.165, 1.54) is 24.8 Å². The lowest BCUT2D eigenvalue weighted by molar-refractivity contribution is 0.0696. The van der Waals surface area contributed by atoms with Crippen LogP contribution in [0.25, 0.3) is 0 Å². The SMILES string of the molecule is COc1cccc([C@H]2Nc3ccc(C(=O)O)cc3[C@H]3[C@H]4CC[C@H](C4)[C@H]32)c1OC. The van der Waals surface area contributed by atoms with E-state index in [4.69, 9.17) is 9.47 Å². The van der Waals surface area contributed by atoms with Crippen LogP contribution in [-0.2, 0) is 0 Å². The van der Waals surface area contributed by atoms with Crippen molar-refractivity contribution in [3.05, 3.63) is 53.1 Å². The molecule has 0 saturated heterocycles. The molecule has 2 fully saturated rings. The smallest absolute Gasteiger partial charge is 0.335 e. The van der Waals surface area contributed by atoms with Crippen molar-refractivity contribution in [2.75, 3.05) is 19.5 Å². The van der Waals surface area contributed by atoms with Crippen LogP contribution in [-0.4, -0.2) is 25.3 Å². The number of methoxy groups -OCH3 is 2. The summed E-state index contributed by atoms with van der Waals surface area (Å²) < 4.78 is 11.3. The van der Waals surface area contributed by atoms with Gasteiger partial charge in [-0.25, -0.2) is 4.79 Å². The minimum atomic E-state index is -0.862. The maximum atomic E-state index is 11.5. The van der Waals surface area contributed by atoms with Crippen molar-refractivity contribution in [3.63, 3.8) is 0 Å². The number of rotatable bonds is 4. The molecule has 3 aliphatic rings. The molecule has 2 aromatic rings. The average molecular weight is 379 g/mol. The predicted octanol–water partition coefficient (Wildman–Crippen LogP) is 4.70. The molecule has 2 aromatic carbocycles. The van der Waals surface area contributed by atoms with E-state index in [-0.39, 0.29) is 6.04 Å². The van der Waals surface area contributed by atoms with Gasteiger partial charge in [-0.3, -0.25) is 0 Å². The number of benzene rings is 2. The maximum Gasteiger partial charge on any atom is 0.335 e. The molecule has 0 radical (unpaired) electrons. The molecule has 0 spiro atoms. The van der Waals surface area contributed by atoms with Crippen LogP contribution in [0.1, 0.15) is 52.7 Å². The molecule has 146 valence electrons. The zero-order valence-electron chi connectivity index (χ0n) is 16.1. The molecule has 2 aliphatic carbocycles. The second-order valence-electron chi connectivity index (χ2n) is 8.25. The van der Waals surface area contributed by atoms with Crippen molar-refractivity contribution in [1.82, 2.24) is 0 Å². The summed E-state index contributed by atoms with van der Waals surface area (Å²) in [5.41, 5.74) is 3.72. The van der Waals surface area contributed by atoms with Gasteiger partial charge < -0.3 is 19.9 Å². The molecule has 2 bridgehead atoms. The van der Waals surface area contributed by atoms with E-state index in [2.05, 4.69) is 11.4 Å². The van der Waals surface area contributed by atoms with Crippen LogP contribution in [0.3, 0.4) is 0 Å². The first-order valence-corrected chi connectivity index (χ1v) is 9.97. The highest BCUT2D eigenvalue weighted by Crippen LogP contribution is 2.64. The van der Waals surface area contributed by atoms with Crippen molar-refractivity contribution in [2.24, 2.45) is 17.8 Å². The summed E-state index contributed by atoms with van der Waals surface area (Å²) >= 11 is 0. The number of para-hydroxylation sites is 1. The topological polar surface area (TPSA) is 67.8 Å². The molecule has 28 heavy (non-hydrogen) atoms. The molecule has 1 heterocycles. The second-order valence-corrected chi connectivity index (χ2v) is 8.25. The van der Waals surface area contributed by atoms with E-state index in [0.717, 1.165) is 22.7 Å². The summed E-state index contributed by atoms with van der Waals surface area (Å²) in [6, 6.07) is 11.7. The Labute approximate surface area is 164 Å². The number of carboxylic acids is 1. The molecule has 5 rings (SSSR count). The largest absolute Gasteiger partial charge is 0.493 e. The Balaban J connectivity index is 1.65. The molecule has 0 aromatic heterocycles. The van der Waals surface area contributed by atoms with Crippen molar-refractivity contribution in [2.45, 2.75) is 31.2 Å². The number of anilines is 1. The maximum absolute atomic E-state index is 11.5. The number of ether oxygens (including phenoxy) is 2. The van der Waals surface area contributed by atoms with E-state index in [0.29, 0.717) is 29.2 Å². The van der Waals surface area contributed by atoms with Gasteiger partial charge in [0.1, 0.15) is 0 Å². The Bertz CT molecular complexity index is 940. The third kappa shape index (κ3) is 2.42. The van der Waals surface area contributed by atoms with E-state index in [9.17, 15) is 9.90 Å². The molecule has 0 amide bonds. The first-order chi connectivity index (χ1) is 13.6. The second kappa shape index (κ2) is 6.43. The third-order valence-corrected chi connectivity index (χ3v) is 7.10. The number of carboxylic acid groups (broad SMARTS) is 1. The Hall–Kier alpha value is -2.69. The minimum absolute atomic E-state index is 0.133. The predicted molar refractivity (Wildman–Crippen MR) is 106 cm³/mol. The Morgan fingerprint density at radius 2 is 1.89 bits per heavy atom. The standard InChI is InChI=1S/C23H25NO4/c1-27-18-5-3-4-15(22(18)28-2)21-20-13-7-6-12(10-13)19(20)16-11-14(23(25)26)8-9-17(16)24-21/h3-5,8-9,11-13,19-21,24H,6-7,10H2,1-2H3,(H,25,26)/t12-,13+,19+,20+,21+/m0/s1. The minimum Gasteiger partial charge on any atom is -0.493 e. The number of nitrogens with one attached hydrogen (secondary N) is 1. The molecule has 1 aliphatic heterocycles. The van der Waals surface area contributed by atoms with Crippen molar-refractivity contribution in [1.29, 1.82) is 0 Å². The van der Waals surface area contributed by atoms with E-state index >= 15 is 0 Å². The third-order valence-electron chi connectivity index (χ3n) is 7.10. The molecule has 5 nitrogen and oxygen atoms in total. The number of hydrogen-bond acceptors (Lipinski definition) is 4. The molecular weight excluding hydrogens is 354 g/mol. The molecule has 2 saturated carbocycles. The zero-order valence-corrected chi connectivity index (χ0v) is 16.1. The Morgan fingerprint density at radius 3 is 2.64 bits per heavy atom. The first-order valence-electron chi connectivity index (χ1n) is 9.97. The van der Waals surface area contributed by atoms with Gasteiger partial charge in [-0.05, 0) is 72.8 Å². The van der Waals surface area contributed by atoms with Gasteiger partial charge in [0, 0.05) is 11.3 Å². The number of fused-ring (bicyclic) bond motifs is 7. The molecule has 2 N–H and O–H groups in total. The van der Waals surface area contributed by atoms with Crippen molar-refractivity contribution in [3.8, 4) is 11.5 Å². The summed E-state index contributed by atoms with van der Waals surface area (Å²) in [6.45, 7) is 0. The van der Waals surface area contributed by atoms with E-state index in [1.807, 2.05) is 24.3 Å². The molecule has 5 heteroatoms. The fraction of sp³-hybridized carbons (Fsp3) is 0.435. The van der Waals surface area contributed by atoms with Gasteiger partial charge >= 0.3 is 5.97 Å². The van der Waals surface area contributed by atoms with Crippen molar-refractivity contribution >= 4 is 11.7 Å². The highest BCUT2D eigenvalue weighted by Gasteiger charge is 2.54. The first kappa shape index (κ1) is 17.4. The van der Waals surface area contributed by atoms with Gasteiger partial charge in [-0.1, -0.05) is 12.1 Å². The normalized spacial score (nSPS) is 29.6.